The number of nitrogens with one attached hydrogen (secondary N) is 3. The van der Waals surface area contributed by atoms with Gasteiger partial charge in [-0.15, -0.1) is 0 Å². The molecular formula is C32H44N4O10. The maximum absolute atomic E-state index is 13.5. The second kappa shape index (κ2) is 17.0. The zero-order valence-electron chi connectivity index (χ0n) is 26.3. The summed E-state index contributed by atoms with van der Waals surface area (Å²) in [7, 11) is 2.44. The summed E-state index contributed by atoms with van der Waals surface area (Å²) in [6, 6.07) is 10.4. The van der Waals surface area contributed by atoms with Crippen molar-refractivity contribution in [2.24, 2.45) is 11.7 Å². The normalized spacial score (nSPS) is 23.1. The van der Waals surface area contributed by atoms with Crippen molar-refractivity contribution in [3.05, 3.63) is 65.7 Å². The fraction of sp³-hybridized carbons (Fsp3) is 0.500. The van der Waals surface area contributed by atoms with Gasteiger partial charge in [-0.3, -0.25) is 14.4 Å². The van der Waals surface area contributed by atoms with Crippen molar-refractivity contribution in [2.75, 3.05) is 14.2 Å². The van der Waals surface area contributed by atoms with Crippen LogP contribution in [0.3, 0.4) is 0 Å². The van der Waals surface area contributed by atoms with Gasteiger partial charge in [0.15, 0.2) is 12.4 Å². The lowest BCUT2D eigenvalue weighted by molar-refractivity contribution is -0.252. The number of hydrogen-bond acceptors (Lipinski definition) is 11. The lowest BCUT2D eigenvalue weighted by Crippen LogP contribution is -2.68. The molecule has 3 amide bonds. The molecule has 0 unspecified atom stereocenters. The Balaban J connectivity index is 1.73. The van der Waals surface area contributed by atoms with Gasteiger partial charge in [0.2, 0.25) is 11.8 Å². The fourth-order valence-corrected chi connectivity index (χ4v) is 5.10. The molecule has 0 aliphatic carbocycles. The Kier molecular flexibility index (Phi) is 13.5. The van der Waals surface area contributed by atoms with Gasteiger partial charge in [0.05, 0.1) is 13.2 Å². The van der Waals surface area contributed by atoms with Crippen LogP contribution in [0.5, 0.6) is 5.75 Å². The first-order valence-electron chi connectivity index (χ1n) is 14.9. The van der Waals surface area contributed by atoms with Crippen molar-refractivity contribution in [1.29, 1.82) is 0 Å². The summed E-state index contributed by atoms with van der Waals surface area (Å²) in [4.78, 5) is 52.2. The van der Waals surface area contributed by atoms with E-state index in [1.807, 2.05) is 13.8 Å². The van der Waals surface area contributed by atoms with Gasteiger partial charge in [0, 0.05) is 13.5 Å². The number of aromatic hydroxyl groups is 1. The van der Waals surface area contributed by atoms with Gasteiger partial charge in [-0.25, -0.2) is 4.79 Å². The number of nitrogens with two attached hydrogens (primary N) is 1. The minimum atomic E-state index is -1.84. The molecule has 0 aromatic heterocycles. The third-order valence-corrected chi connectivity index (χ3v) is 7.56. The standard InChI is InChI=1S/C32H44N4O10/c1-17(2)14-23(31(43)44-3)35-29(41)22(16-18-8-6-5-7-9-18)34-30(42)27-26(39)25(38)24(32(45-4)46-27)36-28(40)21(33)15-19-10-12-20(37)13-11-19/h5-13,17,21-27,32,37-39H,14-16,33H2,1-4H3,(H,34,42)(H,35,41)(H,36,40)/t21-,22-,23-,24+,25+,26-,27-,32-/m0/s1. The van der Waals surface area contributed by atoms with Gasteiger partial charge in [-0.1, -0.05) is 56.3 Å². The highest BCUT2D eigenvalue weighted by atomic mass is 16.7. The first-order valence-corrected chi connectivity index (χ1v) is 14.9. The van der Waals surface area contributed by atoms with Crippen LogP contribution >= 0.6 is 0 Å². The number of rotatable bonds is 14. The largest absolute Gasteiger partial charge is 0.508 e. The number of methoxy groups -OCH3 is 2. The molecule has 14 nitrogen and oxygen atoms in total. The second-order valence-electron chi connectivity index (χ2n) is 11.6. The molecule has 1 fully saturated rings. The molecule has 2 aromatic carbocycles. The Bertz CT molecular complexity index is 1310. The number of carbonyl (C=O) groups excluding carboxylic acids is 4. The van der Waals surface area contributed by atoms with Crippen LogP contribution in [0.4, 0.5) is 0 Å². The molecule has 1 aliphatic heterocycles. The van der Waals surface area contributed by atoms with Gasteiger partial charge in [0.1, 0.15) is 36.1 Å². The molecule has 46 heavy (non-hydrogen) atoms. The first kappa shape index (κ1) is 36.4. The third-order valence-electron chi connectivity index (χ3n) is 7.56. The molecule has 14 heteroatoms. The van der Waals surface area contributed by atoms with Gasteiger partial charge in [0.25, 0.3) is 5.91 Å². The predicted molar refractivity (Wildman–Crippen MR) is 165 cm³/mol. The van der Waals surface area contributed by atoms with Crippen LogP contribution < -0.4 is 21.7 Å². The summed E-state index contributed by atoms with van der Waals surface area (Å²) in [5, 5.41) is 39.1. The second-order valence-corrected chi connectivity index (χ2v) is 11.6. The zero-order valence-corrected chi connectivity index (χ0v) is 26.3. The Labute approximate surface area is 267 Å². The van der Waals surface area contributed by atoms with E-state index in [4.69, 9.17) is 19.9 Å². The molecular weight excluding hydrogens is 600 g/mol. The van der Waals surface area contributed by atoms with Crippen molar-refractivity contribution in [3.8, 4) is 5.75 Å². The number of aliphatic hydroxyl groups excluding tert-OH is 2. The van der Waals surface area contributed by atoms with Crippen molar-refractivity contribution < 1.29 is 48.7 Å². The van der Waals surface area contributed by atoms with E-state index >= 15 is 0 Å². The molecule has 1 heterocycles. The van der Waals surface area contributed by atoms with Crippen LogP contribution in [-0.4, -0.2) is 102 Å². The van der Waals surface area contributed by atoms with Crippen LogP contribution in [0.1, 0.15) is 31.4 Å². The summed E-state index contributed by atoms with van der Waals surface area (Å²) < 4.78 is 15.8. The molecule has 252 valence electrons. The van der Waals surface area contributed by atoms with E-state index in [0.717, 1.165) is 0 Å². The van der Waals surface area contributed by atoms with Crippen LogP contribution in [0.15, 0.2) is 54.6 Å². The molecule has 0 radical (unpaired) electrons. The van der Waals surface area contributed by atoms with Crippen LogP contribution in [0.25, 0.3) is 0 Å². The van der Waals surface area contributed by atoms with Crippen molar-refractivity contribution >= 4 is 23.7 Å². The zero-order chi connectivity index (χ0) is 34.0. The maximum Gasteiger partial charge on any atom is 0.328 e. The minimum absolute atomic E-state index is 0.0324. The number of esters is 1. The highest BCUT2D eigenvalue weighted by Gasteiger charge is 2.49. The van der Waals surface area contributed by atoms with Crippen LogP contribution in [0.2, 0.25) is 0 Å². The molecule has 8 N–H and O–H groups in total. The third kappa shape index (κ3) is 9.96. The summed E-state index contributed by atoms with van der Waals surface area (Å²) >= 11 is 0. The van der Waals surface area contributed by atoms with Gasteiger partial charge in [-0.2, -0.15) is 0 Å². The van der Waals surface area contributed by atoms with Crippen LogP contribution in [0, 0.1) is 5.92 Å². The summed E-state index contributed by atoms with van der Waals surface area (Å²) in [5.74, 6) is -2.82. The highest BCUT2D eigenvalue weighted by molar-refractivity contribution is 5.92. The quantitative estimate of drug-likeness (QED) is 0.127. The molecule has 1 saturated heterocycles. The van der Waals surface area contributed by atoms with E-state index < -0.39 is 72.5 Å². The lowest BCUT2D eigenvalue weighted by atomic mass is 9.95. The van der Waals surface area contributed by atoms with Gasteiger partial charge >= 0.3 is 5.97 Å². The molecule has 0 bridgehead atoms. The van der Waals surface area contributed by atoms with Crippen molar-refractivity contribution in [3.63, 3.8) is 0 Å². The summed E-state index contributed by atoms with van der Waals surface area (Å²) in [6.07, 6.45) is -6.20. The number of phenols is 1. The number of carbonyl (C=O) groups is 4. The van der Waals surface area contributed by atoms with Crippen molar-refractivity contribution in [2.45, 2.75) is 81.9 Å². The van der Waals surface area contributed by atoms with E-state index in [-0.39, 0.29) is 24.5 Å². The fourth-order valence-electron chi connectivity index (χ4n) is 5.10. The highest BCUT2D eigenvalue weighted by Crippen LogP contribution is 2.23. The summed E-state index contributed by atoms with van der Waals surface area (Å²) in [6.45, 7) is 3.76. The molecule has 3 rings (SSSR count). The number of amides is 3. The smallest absolute Gasteiger partial charge is 0.328 e. The Morgan fingerprint density at radius 3 is 2.09 bits per heavy atom. The number of benzene rings is 2. The SMILES string of the molecule is COC(=O)[C@H](CC(C)C)NC(=O)[C@H](Cc1ccccc1)NC(=O)[C@H]1O[C@H](OC)[C@H](NC(=O)[C@@H](N)Cc2ccc(O)cc2)[C@@H](O)[C@@H]1O. The van der Waals surface area contributed by atoms with Gasteiger partial charge in [-0.05, 0) is 42.0 Å². The van der Waals surface area contributed by atoms with E-state index in [1.54, 1.807) is 42.5 Å². The van der Waals surface area contributed by atoms with E-state index in [1.165, 1.54) is 26.4 Å². The Hall–Kier alpha value is -4.08. The van der Waals surface area contributed by atoms with E-state index in [2.05, 4.69) is 16.0 Å². The average Bonchev–Trinajstić information content (AvgIpc) is 3.03. The molecule has 2 aromatic rings. The Morgan fingerprint density at radius 2 is 1.50 bits per heavy atom. The minimum Gasteiger partial charge on any atom is -0.508 e. The molecule has 0 saturated carbocycles. The number of aliphatic hydroxyl groups is 2. The molecule has 8 atom stereocenters. The number of ether oxygens (including phenoxy) is 3. The topological polar surface area (TPSA) is 219 Å². The van der Waals surface area contributed by atoms with Crippen molar-refractivity contribution in [1.82, 2.24) is 16.0 Å². The van der Waals surface area contributed by atoms with E-state index in [0.29, 0.717) is 17.5 Å². The Morgan fingerprint density at radius 1 is 0.870 bits per heavy atom. The number of hydrogen-bond donors (Lipinski definition) is 7. The monoisotopic (exact) mass is 644 g/mol. The molecule has 0 spiro atoms. The summed E-state index contributed by atoms with van der Waals surface area (Å²) in [5.41, 5.74) is 7.43. The first-order chi connectivity index (χ1) is 21.8. The average molecular weight is 645 g/mol. The van der Waals surface area contributed by atoms with E-state index in [9.17, 15) is 34.5 Å². The number of phenolic OH excluding ortho intramolecular Hbond substituents is 1. The van der Waals surface area contributed by atoms with Gasteiger partial charge < -0.3 is 51.2 Å². The lowest BCUT2D eigenvalue weighted by Gasteiger charge is -2.42. The molecule has 1 aliphatic rings. The van der Waals surface area contributed by atoms with Crippen LogP contribution in [-0.2, 0) is 46.2 Å². The predicted octanol–water partition coefficient (Wildman–Crippen LogP) is -0.729. The maximum atomic E-state index is 13.5.